The Kier molecular flexibility index (Phi) is 11.9. The van der Waals surface area contributed by atoms with E-state index in [2.05, 4.69) is 47.0 Å². The first kappa shape index (κ1) is 23.6. The van der Waals surface area contributed by atoms with Gasteiger partial charge in [0, 0.05) is 18.0 Å². The molecule has 0 radical (unpaired) electrons. The minimum absolute atomic E-state index is 0. The predicted molar refractivity (Wildman–Crippen MR) is 125 cm³/mol. The zero-order valence-electron chi connectivity index (χ0n) is 16.3. The standard InChI is InChI=1S/C20H29N3O2S.HI/c1-4-12-25-18-9-8-16(14-19(18)24-3)15-23-20(21-5-2)22-11-10-17-7-6-13-26-17;/h6-9,13-14H,4-5,10-12,15H2,1-3H3,(H2,21,22,23);1H. The molecule has 0 saturated heterocycles. The van der Waals surface area contributed by atoms with E-state index in [1.807, 2.05) is 18.2 Å². The second kappa shape index (κ2) is 13.7. The van der Waals surface area contributed by atoms with E-state index in [0.717, 1.165) is 49.0 Å². The summed E-state index contributed by atoms with van der Waals surface area (Å²) >= 11 is 1.78. The van der Waals surface area contributed by atoms with Crippen LogP contribution in [0.3, 0.4) is 0 Å². The van der Waals surface area contributed by atoms with Gasteiger partial charge in [0.1, 0.15) is 0 Å². The van der Waals surface area contributed by atoms with Crippen molar-refractivity contribution in [3.05, 3.63) is 46.2 Å². The van der Waals surface area contributed by atoms with Gasteiger partial charge in [-0.15, -0.1) is 35.3 Å². The maximum Gasteiger partial charge on any atom is 0.191 e. The highest BCUT2D eigenvalue weighted by Crippen LogP contribution is 2.28. The Morgan fingerprint density at radius 1 is 1.15 bits per heavy atom. The van der Waals surface area contributed by atoms with Crippen LogP contribution in [0.25, 0.3) is 0 Å². The minimum atomic E-state index is 0. The molecule has 0 spiro atoms. The van der Waals surface area contributed by atoms with Crippen LogP contribution in [0.2, 0.25) is 0 Å². The lowest BCUT2D eigenvalue weighted by atomic mass is 10.2. The molecule has 1 heterocycles. The molecule has 0 saturated carbocycles. The Labute approximate surface area is 183 Å². The number of nitrogens with zero attached hydrogens (tertiary/aromatic N) is 1. The van der Waals surface area contributed by atoms with Gasteiger partial charge in [-0.2, -0.15) is 0 Å². The topological polar surface area (TPSA) is 54.9 Å². The number of aliphatic imine (C=N–C) groups is 1. The molecule has 2 aromatic rings. The van der Waals surface area contributed by atoms with E-state index in [0.29, 0.717) is 13.2 Å². The van der Waals surface area contributed by atoms with Crippen LogP contribution in [-0.2, 0) is 13.0 Å². The Bertz CT molecular complexity index is 678. The van der Waals surface area contributed by atoms with E-state index in [1.165, 1.54) is 4.88 Å². The van der Waals surface area contributed by atoms with Gasteiger partial charge < -0.3 is 20.1 Å². The molecular weight excluding hydrogens is 473 g/mol. The second-order valence-electron chi connectivity index (χ2n) is 5.78. The number of guanidine groups is 1. The SMILES string of the molecule is CCCOc1ccc(CN=C(NCC)NCCc2cccs2)cc1OC.I. The lowest BCUT2D eigenvalue weighted by molar-refractivity contribution is 0.294. The van der Waals surface area contributed by atoms with Crippen molar-refractivity contribution >= 4 is 41.3 Å². The van der Waals surface area contributed by atoms with Crippen LogP contribution >= 0.6 is 35.3 Å². The van der Waals surface area contributed by atoms with E-state index < -0.39 is 0 Å². The van der Waals surface area contributed by atoms with Crippen molar-refractivity contribution < 1.29 is 9.47 Å². The normalized spacial score (nSPS) is 10.9. The number of rotatable bonds is 10. The summed E-state index contributed by atoms with van der Waals surface area (Å²) in [6.45, 7) is 7.12. The first-order valence-corrected chi connectivity index (χ1v) is 9.99. The van der Waals surface area contributed by atoms with Crippen LogP contribution in [0.15, 0.2) is 40.7 Å². The van der Waals surface area contributed by atoms with Gasteiger partial charge in [-0.05, 0) is 48.9 Å². The Morgan fingerprint density at radius 2 is 2.00 bits per heavy atom. The van der Waals surface area contributed by atoms with Crippen LogP contribution in [-0.4, -0.2) is 32.8 Å². The fraction of sp³-hybridized carbons (Fsp3) is 0.450. The molecule has 7 heteroatoms. The molecule has 1 aromatic heterocycles. The zero-order valence-corrected chi connectivity index (χ0v) is 19.4. The third-order valence-electron chi connectivity index (χ3n) is 3.70. The van der Waals surface area contributed by atoms with Crippen LogP contribution < -0.4 is 20.1 Å². The molecule has 0 unspecified atom stereocenters. The zero-order chi connectivity index (χ0) is 18.6. The van der Waals surface area contributed by atoms with E-state index in [4.69, 9.17) is 9.47 Å². The van der Waals surface area contributed by atoms with Gasteiger partial charge >= 0.3 is 0 Å². The molecule has 27 heavy (non-hydrogen) atoms. The largest absolute Gasteiger partial charge is 0.493 e. The molecule has 0 aliphatic carbocycles. The van der Waals surface area contributed by atoms with Crippen molar-refractivity contribution in [1.82, 2.24) is 10.6 Å². The summed E-state index contributed by atoms with van der Waals surface area (Å²) < 4.78 is 11.1. The van der Waals surface area contributed by atoms with Crippen molar-refractivity contribution in [1.29, 1.82) is 0 Å². The molecule has 0 aliphatic heterocycles. The van der Waals surface area contributed by atoms with Gasteiger partial charge in [0.15, 0.2) is 17.5 Å². The molecule has 0 fully saturated rings. The number of hydrogen-bond donors (Lipinski definition) is 2. The van der Waals surface area contributed by atoms with Gasteiger partial charge in [0.2, 0.25) is 0 Å². The highest BCUT2D eigenvalue weighted by atomic mass is 127. The summed E-state index contributed by atoms with van der Waals surface area (Å²) in [7, 11) is 1.66. The van der Waals surface area contributed by atoms with Crippen molar-refractivity contribution in [3.63, 3.8) is 0 Å². The number of hydrogen-bond acceptors (Lipinski definition) is 4. The van der Waals surface area contributed by atoms with Crippen molar-refractivity contribution in [2.24, 2.45) is 4.99 Å². The molecule has 0 bridgehead atoms. The maximum atomic E-state index is 5.70. The van der Waals surface area contributed by atoms with Gasteiger partial charge in [0.25, 0.3) is 0 Å². The number of thiophene rings is 1. The van der Waals surface area contributed by atoms with E-state index in [9.17, 15) is 0 Å². The Morgan fingerprint density at radius 3 is 2.67 bits per heavy atom. The van der Waals surface area contributed by atoms with Crippen molar-refractivity contribution in [2.45, 2.75) is 33.2 Å². The lowest BCUT2D eigenvalue weighted by Gasteiger charge is -2.12. The number of halogens is 1. The average Bonchev–Trinajstić information content (AvgIpc) is 3.18. The first-order chi connectivity index (χ1) is 12.8. The molecule has 1 aromatic carbocycles. The minimum Gasteiger partial charge on any atom is -0.493 e. The number of nitrogens with one attached hydrogen (secondary N) is 2. The summed E-state index contributed by atoms with van der Waals surface area (Å²) in [5, 5.41) is 8.78. The third kappa shape index (κ3) is 8.38. The van der Waals surface area contributed by atoms with Gasteiger partial charge in [-0.3, -0.25) is 0 Å². The molecule has 5 nitrogen and oxygen atoms in total. The van der Waals surface area contributed by atoms with Crippen LogP contribution in [0.5, 0.6) is 11.5 Å². The molecule has 2 N–H and O–H groups in total. The number of benzene rings is 1. The summed E-state index contributed by atoms with van der Waals surface area (Å²) in [4.78, 5) is 6.05. The number of methoxy groups -OCH3 is 1. The lowest BCUT2D eigenvalue weighted by Crippen LogP contribution is -2.38. The third-order valence-corrected chi connectivity index (χ3v) is 4.63. The Balaban J connectivity index is 0.00000364. The van der Waals surface area contributed by atoms with E-state index in [-0.39, 0.29) is 24.0 Å². The summed E-state index contributed by atoms with van der Waals surface area (Å²) in [6, 6.07) is 10.2. The predicted octanol–water partition coefficient (Wildman–Crippen LogP) is 4.46. The van der Waals surface area contributed by atoms with Gasteiger partial charge in [0.05, 0.1) is 20.3 Å². The first-order valence-electron chi connectivity index (χ1n) is 9.11. The van der Waals surface area contributed by atoms with Gasteiger partial charge in [-0.1, -0.05) is 19.1 Å². The number of ether oxygens (including phenoxy) is 2. The molecule has 150 valence electrons. The van der Waals surface area contributed by atoms with Gasteiger partial charge in [-0.25, -0.2) is 4.99 Å². The van der Waals surface area contributed by atoms with Crippen molar-refractivity contribution in [3.8, 4) is 11.5 Å². The van der Waals surface area contributed by atoms with Crippen LogP contribution in [0.1, 0.15) is 30.7 Å². The summed E-state index contributed by atoms with van der Waals surface area (Å²) in [6.07, 6.45) is 1.97. The highest BCUT2D eigenvalue weighted by molar-refractivity contribution is 14.0. The fourth-order valence-electron chi connectivity index (χ4n) is 2.41. The molecule has 0 atom stereocenters. The highest BCUT2D eigenvalue weighted by Gasteiger charge is 2.06. The monoisotopic (exact) mass is 503 g/mol. The summed E-state index contributed by atoms with van der Waals surface area (Å²) in [5.41, 5.74) is 1.08. The Hall–Kier alpha value is -1.48. The van der Waals surface area contributed by atoms with E-state index in [1.54, 1.807) is 18.4 Å². The molecule has 0 amide bonds. The fourth-order valence-corrected chi connectivity index (χ4v) is 3.12. The second-order valence-corrected chi connectivity index (χ2v) is 6.82. The van der Waals surface area contributed by atoms with Crippen LogP contribution in [0.4, 0.5) is 0 Å². The molecular formula is C20H30IN3O2S. The summed E-state index contributed by atoms with van der Waals surface area (Å²) in [5.74, 6) is 2.36. The molecule has 0 aliphatic rings. The van der Waals surface area contributed by atoms with Crippen molar-refractivity contribution in [2.75, 3.05) is 26.8 Å². The van der Waals surface area contributed by atoms with Crippen LogP contribution in [0, 0.1) is 0 Å². The van der Waals surface area contributed by atoms with E-state index >= 15 is 0 Å². The molecule has 2 rings (SSSR count). The quantitative estimate of drug-likeness (QED) is 0.286. The smallest absolute Gasteiger partial charge is 0.191 e. The maximum absolute atomic E-state index is 5.70. The average molecular weight is 503 g/mol.